The van der Waals surface area contributed by atoms with Gasteiger partial charge < -0.3 is 24.2 Å². The molecule has 1 heterocycles. The summed E-state index contributed by atoms with van der Waals surface area (Å²) < 4.78 is 17.2. The maximum Gasteiger partial charge on any atom is 0.348 e. The van der Waals surface area contributed by atoms with Crippen molar-refractivity contribution in [3.63, 3.8) is 0 Å². The number of esters is 3. The summed E-state index contributed by atoms with van der Waals surface area (Å²) in [7, 11) is 0. The SMILES string of the molecule is CCCCCCCCCCCCCCCCCCCCOC(=O)C(C)SC(CCCCCCC)C(OC(=O)CCCN1CCN(CCO)CC1)C(=O)OCCC. The van der Waals surface area contributed by atoms with E-state index in [0.717, 1.165) is 77.7 Å². The quantitative estimate of drug-likeness (QED) is 0.0366. The van der Waals surface area contributed by atoms with E-state index in [9.17, 15) is 19.5 Å². The maximum atomic E-state index is 13.4. The molecule has 1 fully saturated rings. The first kappa shape index (κ1) is 52.7. The zero-order valence-corrected chi connectivity index (χ0v) is 37.7. The van der Waals surface area contributed by atoms with Gasteiger partial charge in [-0.2, -0.15) is 0 Å². The van der Waals surface area contributed by atoms with Gasteiger partial charge >= 0.3 is 17.9 Å². The molecule has 1 aliphatic rings. The van der Waals surface area contributed by atoms with Gasteiger partial charge in [-0.05, 0) is 39.2 Å². The van der Waals surface area contributed by atoms with E-state index in [1.807, 2.05) is 13.8 Å². The maximum absolute atomic E-state index is 13.4. The minimum atomic E-state index is -1.06. The van der Waals surface area contributed by atoms with Crippen LogP contribution in [0.25, 0.3) is 0 Å². The molecule has 1 aliphatic heterocycles. The van der Waals surface area contributed by atoms with Gasteiger partial charge in [-0.15, -0.1) is 11.8 Å². The average molecular weight is 813 g/mol. The number of ether oxygens (including phenoxy) is 3. The summed E-state index contributed by atoms with van der Waals surface area (Å²) in [5.41, 5.74) is 0. The fraction of sp³-hybridized carbons (Fsp3) is 0.935. The van der Waals surface area contributed by atoms with Crippen LogP contribution in [-0.4, -0.2) is 109 Å². The lowest BCUT2D eigenvalue weighted by atomic mass is 10.0. The Kier molecular flexibility index (Phi) is 35.6. The van der Waals surface area contributed by atoms with Crippen LogP contribution < -0.4 is 0 Å². The second-order valence-corrected chi connectivity index (χ2v) is 17.9. The fourth-order valence-corrected chi connectivity index (χ4v) is 8.75. The minimum absolute atomic E-state index is 0.172. The Hall–Kier alpha value is -1.36. The topological polar surface area (TPSA) is 106 Å². The highest BCUT2D eigenvalue weighted by Gasteiger charge is 2.36. The zero-order chi connectivity index (χ0) is 40.9. The lowest BCUT2D eigenvalue weighted by Gasteiger charge is -2.34. The summed E-state index contributed by atoms with van der Waals surface area (Å²) in [5, 5.41) is 8.32. The number of piperazine rings is 1. The van der Waals surface area contributed by atoms with Gasteiger partial charge in [-0.1, -0.05) is 162 Å². The Balaban J connectivity index is 2.44. The van der Waals surface area contributed by atoms with Crippen LogP contribution in [0.5, 0.6) is 0 Å². The molecule has 0 aromatic rings. The van der Waals surface area contributed by atoms with E-state index in [0.29, 0.717) is 32.4 Å². The first-order chi connectivity index (χ1) is 27.4. The van der Waals surface area contributed by atoms with Crippen molar-refractivity contribution in [2.45, 2.75) is 218 Å². The predicted octanol–water partition coefficient (Wildman–Crippen LogP) is 10.7. The molecule has 0 aromatic heterocycles. The predicted molar refractivity (Wildman–Crippen MR) is 234 cm³/mol. The molecule has 1 saturated heterocycles. The van der Waals surface area contributed by atoms with Crippen molar-refractivity contribution in [3.05, 3.63) is 0 Å². The second kappa shape index (κ2) is 37.9. The molecule has 3 atom stereocenters. The summed E-state index contributed by atoms with van der Waals surface area (Å²) in [6.45, 7) is 14.2. The lowest BCUT2D eigenvalue weighted by Crippen LogP contribution is -2.47. The Bertz CT molecular complexity index is 933. The van der Waals surface area contributed by atoms with Crippen LogP contribution in [0.2, 0.25) is 0 Å². The van der Waals surface area contributed by atoms with E-state index in [1.54, 1.807) is 0 Å². The standard InChI is InChI=1S/C46H88N2O7S/c1-5-8-10-12-13-14-15-16-17-18-19-20-21-22-23-24-26-28-40-54-45(51)41(4)56-42(30-27-25-11-9-6-2)44(46(52)53-39-7-3)55-43(50)31-29-32-47-33-35-48(36-34-47)37-38-49/h41-42,44,49H,5-40H2,1-4H3. The number of hydrogen-bond acceptors (Lipinski definition) is 10. The van der Waals surface area contributed by atoms with Crippen molar-refractivity contribution in [3.8, 4) is 0 Å². The molecular formula is C46H88N2O7S. The number of unbranched alkanes of at least 4 members (excludes halogenated alkanes) is 21. The Morgan fingerprint density at radius 2 is 1.00 bits per heavy atom. The smallest absolute Gasteiger partial charge is 0.348 e. The summed E-state index contributed by atoms with van der Waals surface area (Å²) in [5.74, 6) is -1.20. The van der Waals surface area contributed by atoms with Crippen molar-refractivity contribution in [2.75, 3.05) is 59.1 Å². The molecule has 0 saturated carbocycles. The monoisotopic (exact) mass is 813 g/mol. The molecule has 9 nitrogen and oxygen atoms in total. The minimum Gasteiger partial charge on any atom is -0.465 e. The first-order valence-electron chi connectivity index (χ1n) is 23.6. The van der Waals surface area contributed by atoms with E-state index in [1.165, 1.54) is 114 Å². The Morgan fingerprint density at radius 3 is 1.48 bits per heavy atom. The number of rotatable bonds is 39. The largest absolute Gasteiger partial charge is 0.465 e. The Morgan fingerprint density at radius 1 is 0.554 bits per heavy atom. The molecule has 0 amide bonds. The van der Waals surface area contributed by atoms with Crippen LogP contribution in [0.3, 0.4) is 0 Å². The van der Waals surface area contributed by atoms with Crippen LogP contribution in [0.4, 0.5) is 0 Å². The van der Waals surface area contributed by atoms with Gasteiger partial charge in [-0.3, -0.25) is 14.5 Å². The fourth-order valence-electron chi connectivity index (χ4n) is 7.44. The number of β-amino-alcohol motifs (C(OH)–C–C–N with tert-alkyl or cyclic N) is 1. The van der Waals surface area contributed by atoms with Crippen LogP contribution in [0.1, 0.15) is 201 Å². The van der Waals surface area contributed by atoms with Crippen LogP contribution >= 0.6 is 11.8 Å². The van der Waals surface area contributed by atoms with Gasteiger partial charge in [0.15, 0.2) is 0 Å². The second-order valence-electron chi connectivity index (χ2n) is 16.3. The first-order valence-corrected chi connectivity index (χ1v) is 24.5. The van der Waals surface area contributed by atoms with Crippen molar-refractivity contribution in [1.29, 1.82) is 0 Å². The van der Waals surface area contributed by atoms with Gasteiger partial charge in [0, 0.05) is 39.1 Å². The van der Waals surface area contributed by atoms with Crippen molar-refractivity contribution >= 4 is 29.7 Å². The lowest BCUT2D eigenvalue weighted by molar-refractivity contribution is -0.168. The van der Waals surface area contributed by atoms with Crippen LogP contribution in [-0.2, 0) is 28.6 Å². The molecular weight excluding hydrogens is 725 g/mol. The number of carbonyl (C=O) groups is 3. The highest BCUT2D eigenvalue weighted by atomic mass is 32.2. The highest BCUT2D eigenvalue weighted by Crippen LogP contribution is 2.30. The summed E-state index contributed by atoms with van der Waals surface area (Å²) in [4.78, 5) is 44.2. The Labute approximate surface area is 348 Å². The third-order valence-corrected chi connectivity index (χ3v) is 12.5. The number of carbonyl (C=O) groups excluding carboxylic acids is 3. The van der Waals surface area contributed by atoms with E-state index in [2.05, 4.69) is 23.6 Å². The number of aliphatic hydroxyl groups is 1. The summed E-state index contributed by atoms with van der Waals surface area (Å²) in [6, 6.07) is 0. The van der Waals surface area contributed by atoms with Crippen molar-refractivity contribution < 1.29 is 33.7 Å². The van der Waals surface area contributed by atoms with Gasteiger partial charge in [0.05, 0.1) is 25.1 Å². The molecule has 0 radical (unpaired) electrons. The third kappa shape index (κ3) is 28.9. The van der Waals surface area contributed by atoms with E-state index >= 15 is 0 Å². The molecule has 0 bridgehead atoms. The third-order valence-electron chi connectivity index (χ3n) is 11.1. The van der Waals surface area contributed by atoms with Crippen molar-refractivity contribution in [2.24, 2.45) is 0 Å². The number of hydrogen-bond donors (Lipinski definition) is 1. The molecule has 1 N–H and O–H groups in total. The van der Waals surface area contributed by atoms with Gasteiger partial charge in [0.2, 0.25) is 6.10 Å². The molecule has 1 rings (SSSR count). The van der Waals surface area contributed by atoms with E-state index in [-0.39, 0.29) is 25.6 Å². The molecule has 0 aromatic carbocycles. The van der Waals surface area contributed by atoms with Gasteiger partial charge in [0.25, 0.3) is 0 Å². The summed E-state index contributed by atoms with van der Waals surface area (Å²) >= 11 is 1.39. The molecule has 56 heavy (non-hydrogen) atoms. The molecule has 3 unspecified atom stereocenters. The molecule has 330 valence electrons. The normalized spacial score (nSPS) is 15.4. The number of aliphatic hydroxyl groups excluding tert-OH is 1. The highest BCUT2D eigenvalue weighted by molar-refractivity contribution is 8.01. The zero-order valence-electron chi connectivity index (χ0n) is 36.9. The van der Waals surface area contributed by atoms with E-state index in [4.69, 9.17) is 14.2 Å². The molecule has 0 spiro atoms. The van der Waals surface area contributed by atoms with Crippen LogP contribution in [0.15, 0.2) is 0 Å². The number of thioether (sulfide) groups is 1. The average Bonchev–Trinajstić information content (AvgIpc) is 3.20. The van der Waals surface area contributed by atoms with Gasteiger partial charge in [0.1, 0.15) is 5.25 Å². The number of nitrogens with zero attached hydrogens (tertiary/aromatic N) is 2. The molecule has 10 heteroatoms. The van der Waals surface area contributed by atoms with Crippen molar-refractivity contribution in [1.82, 2.24) is 9.80 Å². The molecule has 0 aliphatic carbocycles. The van der Waals surface area contributed by atoms with Gasteiger partial charge in [-0.25, -0.2) is 4.79 Å². The van der Waals surface area contributed by atoms with E-state index < -0.39 is 28.5 Å². The summed E-state index contributed by atoms with van der Waals surface area (Å²) in [6.07, 6.45) is 30.2. The van der Waals surface area contributed by atoms with Crippen LogP contribution in [0, 0.1) is 0 Å².